The minimum Gasteiger partial charge on any atom is -0.449 e. The van der Waals surface area contributed by atoms with Crippen LogP contribution >= 0.6 is 0 Å². The zero-order chi connectivity index (χ0) is 17.2. The quantitative estimate of drug-likeness (QED) is 0.787. The predicted molar refractivity (Wildman–Crippen MR) is 82.6 cm³/mol. The van der Waals surface area contributed by atoms with Crippen molar-refractivity contribution in [3.63, 3.8) is 0 Å². The Labute approximate surface area is 136 Å². The maximum atomic E-state index is 12.4. The maximum absolute atomic E-state index is 12.4. The first-order valence-electron chi connectivity index (χ1n) is 8.19. The Hall–Kier alpha value is -1.63. The smallest absolute Gasteiger partial charge is 0.410 e. The topological polar surface area (TPSA) is 84.9 Å². The number of hydrogen-bond acceptors (Lipinski definition) is 5. The summed E-state index contributed by atoms with van der Waals surface area (Å²) in [6.45, 7) is 8.75. The Kier molecular flexibility index (Phi) is 5.29. The number of nitrogens with one attached hydrogen (secondary N) is 1. The number of piperidine rings is 1. The van der Waals surface area contributed by atoms with E-state index in [1.807, 2.05) is 20.8 Å². The van der Waals surface area contributed by atoms with Gasteiger partial charge in [-0.1, -0.05) is 20.8 Å². The third-order valence-electron chi connectivity index (χ3n) is 4.72. The molecule has 0 aromatic carbocycles. The minimum atomic E-state index is -0.748. The highest BCUT2D eigenvalue weighted by Gasteiger charge is 2.58. The van der Waals surface area contributed by atoms with E-state index in [4.69, 9.17) is 9.47 Å². The van der Waals surface area contributed by atoms with E-state index in [0.29, 0.717) is 19.6 Å². The number of likely N-dealkylation sites (tertiary alicyclic amines) is 1. The normalized spacial score (nSPS) is 36.3. The maximum Gasteiger partial charge on any atom is 0.410 e. The summed E-state index contributed by atoms with van der Waals surface area (Å²) in [7, 11) is 0. The largest absolute Gasteiger partial charge is 0.449 e. The molecule has 2 aliphatic heterocycles. The Bertz CT molecular complexity index is 483. The molecular weight excluding hydrogens is 300 g/mol. The van der Waals surface area contributed by atoms with Crippen LogP contribution in [0.25, 0.3) is 0 Å². The van der Waals surface area contributed by atoms with Crippen LogP contribution in [-0.4, -0.2) is 54.2 Å². The van der Waals surface area contributed by atoms with Crippen LogP contribution in [0.3, 0.4) is 0 Å². The average molecular weight is 326 g/mol. The fourth-order valence-electron chi connectivity index (χ4n) is 4.07. The Morgan fingerprint density at radius 3 is 2.74 bits per heavy atom. The van der Waals surface area contributed by atoms with E-state index in [-0.39, 0.29) is 24.0 Å². The van der Waals surface area contributed by atoms with Crippen LogP contribution in [-0.2, 0) is 19.1 Å². The molecule has 0 spiro atoms. The summed E-state index contributed by atoms with van der Waals surface area (Å²) < 4.78 is 11.3. The van der Waals surface area contributed by atoms with Crippen LogP contribution in [0.4, 0.5) is 4.79 Å². The third-order valence-corrected chi connectivity index (χ3v) is 4.72. The van der Waals surface area contributed by atoms with Gasteiger partial charge in [0.25, 0.3) is 5.91 Å². The Balaban J connectivity index is 2.24. The summed E-state index contributed by atoms with van der Waals surface area (Å²) in [5.74, 6) is -0.440. The van der Waals surface area contributed by atoms with Gasteiger partial charge in [0, 0.05) is 12.5 Å². The molecule has 2 fully saturated rings. The van der Waals surface area contributed by atoms with Crippen molar-refractivity contribution >= 4 is 18.4 Å². The minimum absolute atomic E-state index is 0.221. The van der Waals surface area contributed by atoms with Gasteiger partial charge in [-0.15, -0.1) is 0 Å². The second kappa shape index (κ2) is 6.86. The molecule has 2 rings (SSSR count). The summed E-state index contributed by atoms with van der Waals surface area (Å²) in [4.78, 5) is 36.7. The van der Waals surface area contributed by atoms with Gasteiger partial charge in [0.2, 0.25) is 6.41 Å². The van der Waals surface area contributed by atoms with Crippen molar-refractivity contribution in [3.8, 4) is 0 Å². The molecule has 130 valence electrons. The molecule has 0 bridgehead atoms. The molecule has 23 heavy (non-hydrogen) atoms. The molecule has 0 aliphatic carbocycles. The molecule has 3 amide bonds. The highest BCUT2D eigenvalue weighted by Crippen LogP contribution is 2.45. The molecule has 1 unspecified atom stereocenters. The number of imide groups is 1. The molecule has 7 heteroatoms. The van der Waals surface area contributed by atoms with E-state index >= 15 is 0 Å². The van der Waals surface area contributed by atoms with Gasteiger partial charge in [0.15, 0.2) is 0 Å². The van der Waals surface area contributed by atoms with Gasteiger partial charge in [0.1, 0.15) is 6.10 Å². The van der Waals surface area contributed by atoms with Crippen molar-refractivity contribution in [2.75, 3.05) is 13.2 Å². The van der Waals surface area contributed by atoms with Gasteiger partial charge in [-0.2, -0.15) is 0 Å². The SMILES string of the molecule is CCCOC(=O)N1C[C@@H](C)C[C@]2(C)O[C@H](C(=O)NC=O)C(C)[C@H]12. The van der Waals surface area contributed by atoms with Crippen LogP contribution in [0.5, 0.6) is 0 Å². The summed E-state index contributed by atoms with van der Waals surface area (Å²) in [5, 5.41) is 2.16. The molecule has 2 saturated heterocycles. The van der Waals surface area contributed by atoms with E-state index in [1.165, 1.54) is 0 Å². The van der Waals surface area contributed by atoms with Gasteiger partial charge >= 0.3 is 6.09 Å². The third kappa shape index (κ3) is 3.34. The second-order valence-electron chi connectivity index (χ2n) is 6.86. The van der Waals surface area contributed by atoms with Crippen molar-refractivity contribution in [3.05, 3.63) is 0 Å². The van der Waals surface area contributed by atoms with Gasteiger partial charge in [-0.25, -0.2) is 4.79 Å². The lowest BCUT2D eigenvalue weighted by Gasteiger charge is -2.46. The van der Waals surface area contributed by atoms with Crippen molar-refractivity contribution < 1.29 is 23.9 Å². The van der Waals surface area contributed by atoms with Crippen LogP contribution in [0.2, 0.25) is 0 Å². The van der Waals surface area contributed by atoms with Crippen LogP contribution in [0, 0.1) is 11.8 Å². The molecule has 0 radical (unpaired) electrons. The number of carbonyl (C=O) groups is 3. The van der Waals surface area contributed by atoms with Crippen molar-refractivity contribution in [1.29, 1.82) is 0 Å². The summed E-state index contributed by atoms with van der Waals surface area (Å²) in [5.41, 5.74) is -0.618. The highest BCUT2D eigenvalue weighted by molar-refractivity contribution is 5.90. The number of ether oxygens (including phenoxy) is 2. The van der Waals surface area contributed by atoms with Gasteiger partial charge in [-0.05, 0) is 25.7 Å². The molecule has 2 heterocycles. The number of rotatable bonds is 4. The Morgan fingerprint density at radius 1 is 1.43 bits per heavy atom. The molecule has 0 saturated carbocycles. The molecule has 0 aromatic rings. The molecule has 1 N–H and O–H groups in total. The lowest BCUT2D eigenvalue weighted by Crippen LogP contribution is -2.59. The number of hydrogen-bond donors (Lipinski definition) is 1. The number of amides is 3. The number of carbonyl (C=O) groups excluding carboxylic acids is 3. The van der Waals surface area contributed by atoms with E-state index < -0.39 is 17.6 Å². The van der Waals surface area contributed by atoms with E-state index in [0.717, 1.165) is 12.8 Å². The van der Waals surface area contributed by atoms with Crippen molar-refractivity contribution in [2.45, 2.75) is 58.3 Å². The van der Waals surface area contributed by atoms with E-state index in [9.17, 15) is 14.4 Å². The lowest BCUT2D eigenvalue weighted by molar-refractivity contribution is -0.142. The van der Waals surface area contributed by atoms with Crippen LogP contribution < -0.4 is 5.32 Å². The zero-order valence-corrected chi connectivity index (χ0v) is 14.2. The Morgan fingerprint density at radius 2 is 2.13 bits per heavy atom. The predicted octanol–water partition coefficient (Wildman–Crippen LogP) is 1.31. The zero-order valence-electron chi connectivity index (χ0n) is 14.2. The number of nitrogens with zero attached hydrogens (tertiary/aromatic N) is 1. The fraction of sp³-hybridized carbons (Fsp3) is 0.812. The van der Waals surface area contributed by atoms with Crippen molar-refractivity contribution in [2.24, 2.45) is 11.8 Å². The van der Waals surface area contributed by atoms with E-state index in [1.54, 1.807) is 4.90 Å². The number of fused-ring (bicyclic) bond motifs is 1. The molecule has 0 aromatic heterocycles. The first kappa shape index (κ1) is 17.7. The molecule has 5 atom stereocenters. The first-order valence-corrected chi connectivity index (χ1v) is 8.19. The van der Waals surface area contributed by atoms with Gasteiger partial charge in [-0.3, -0.25) is 14.9 Å². The summed E-state index contributed by atoms with van der Waals surface area (Å²) >= 11 is 0. The lowest BCUT2D eigenvalue weighted by atomic mass is 9.77. The van der Waals surface area contributed by atoms with Crippen LogP contribution in [0.15, 0.2) is 0 Å². The summed E-state index contributed by atoms with van der Waals surface area (Å²) in [6, 6.07) is -0.245. The summed E-state index contributed by atoms with van der Waals surface area (Å²) in [6.07, 6.45) is 0.764. The van der Waals surface area contributed by atoms with Crippen LogP contribution in [0.1, 0.15) is 40.5 Å². The fourth-order valence-corrected chi connectivity index (χ4v) is 4.07. The molecule has 7 nitrogen and oxygen atoms in total. The standard InChI is InChI=1S/C16H26N2O5/c1-5-6-22-15(21)18-8-10(2)7-16(4)13(18)11(3)12(23-16)14(20)17-9-19/h9-13H,5-8H2,1-4H3,(H,17,19,20)/t10-,11?,12-,13-,16-/m0/s1. The van der Waals surface area contributed by atoms with Crippen molar-refractivity contribution in [1.82, 2.24) is 10.2 Å². The molecule has 2 aliphatic rings. The van der Waals surface area contributed by atoms with E-state index in [2.05, 4.69) is 12.2 Å². The molecular formula is C16H26N2O5. The average Bonchev–Trinajstić information content (AvgIpc) is 2.75. The second-order valence-corrected chi connectivity index (χ2v) is 6.86. The first-order chi connectivity index (χ1) is 10.8. The highest BCUT2D eigenvalue weighted by atomic mass is 16.6. The monoisotopic (exact) mass is 326 g/mol. The van der Waals surface area contributed by atoms with Gasteiger partial charge in [0.05, 0.1) is 18.2 Å². The van der Waals surface area contributed by atoms with Gasteiger partial charge < -0.3 is 14.4 Å².